The van der Waals surface area contributed by atoms with Gasteiger partial charge in [0.15, 0.2) is 0 Å². The van der Waals surface area contributed by atoms with Crippen LogP contribution in [0.3, 0.4) is 0 Å². The van der Waals surface area contributed by atoms with E-state index in [1.807, 2.05) is 0 Å². The molecule has 0 N–H and O–H groups in total. The van der Waals surface area contributed by atoms with Crippen molar-refractivity contribution < 1.29 is 19.0 Å². The van der Waals surface area contributed by atoms with Crippen LogP contribution < -0.4 is 9.47 Å². The first kappa shape index (κ1) is 19.1. The van der Waals surface area contributed by atoms with Gasteiger partial charge in [0.1, 0.15) is 18.1 Å². The van der Waals surface area contributed by atoms with Gasteiger partial charge in [-0.3, -0.25) is 0 Å². The molecule has 0 aromatic heterocycles. The molecule has 134 valence electrons. The molecule has 2 rings (SSSR count). The number of ether oxygens (including phenoxy) is 3. The number of hydrogen-bond acceptors (Lipinski definition) is 4. The van der Waals surface area contributed by atoms with Crippen LogP contribution >= 0.6 is 11.6 Å². The standard InChI is InChI=1S/C20H23ClO4/c1-5-14-11-15(6-2)19(10-13(14)3)24-12-16-17(21)8-7-9-18(16)25-20(22)23-4/h7-11H,5-6,12H2,1-4H3. The molecule has 0 heterocycles. The van der Waals surface area contributed by atoms with Crippen LogP contribution in [0.15, 0.2) is 30.3 Å². The van der Waals surface area contributed by atoms with Crippen molar-refractivity contribution in [3.05, 3.63) is 57.6 Å². The Balaban J connectivity index is 2.27. The number of carbonyl (C=O) groups excluding carboxylic acids is 1. The summed E-state index contributed by atoms with van der Waals surface area (Å²) < 4.78 is 15.7. The number of rotatable bonds is 6. The number of aryl methyl sites for hydroxylation is 3. The van der Waals surface area contributed by atoms with E-state index in [2.05, 4.69) is 37.6 Å². The van der Waals surface area contributed by atoms with E-state index < -0.39 is 6.16 Å². The first-order valence-corrected chi connectivity index (χ1v) is 8.66. The molecule has 0 fully saturated rings. The highest BCUT2D eigenvalue weighted by molar-refractivity contribution is 6.31. The summed E-state index contributed by atoms with van der Waals surface area (Å²) in [6.07, 6.45) is 1.07. The molecule has 25 heavy (non-hydrogen) atoms. The maximum atomic E-state index is 11.4. The molecule has 0 amide bonds. The van der Waals surface area contributed by atoms with E-state index in [1.54, 1.807) is 18.2 Å². The fraction of sp³-hybridized carbons (Fsp3) is 0.350. The molecule has 0 saturated carbocycles. The topological polar surface area (TPSA) is 44.8 Å². The van der Waals surface area contributed by atoms with Gasteiger partial charge in [-0.15, -0.1) is 0 Å². The predicted octanol–water partition coefficient (Wildman–Crippen LogP) is 5.50. The van der Waals surface area contributed by atoms with E-state index in [0.29, 0.717) is 16.3 Å². The molecular weight excluding hydrogens is 340 g/mol. The van der Waals surface area contributed by atoms with Crippen molar-refractivity contribution in [2.24, 2.45) is 0 Å². The lowest BCUT2D eigenvalue weighted by molar-refractivity contribution is 0.120. The lowest BCUT2D eigenvalue weighted by Gasteiger charge is -2.16. The molecule has 0 aliphatic rings. The normalized spacial score (nSPS) is 10.4. The molecule has 4 nitrogen and oxygen atoms in total. The zero-order valence-corrected chi connectivity index (χ0v) is 15.8. The van der Waals surface area contributed by atoms with Crippen molar-refractivity contribution >= 4 is 17.8 Å². The van der Waals surface area contributed by atoms with Crippen molar-refractivity contribution in [3.8, 4) is 11.5 Å². The highest BCUT2D eigenvalue weighted by atomic mass is 35.5. The smallest absolute Gasteiger partial charge is 0.488 e. The molecule has 0 atom stereocenters. The van der Waals surface area contributed by atoms with Gasteiger partial charge in [0.2, 0.25) is 0 Å². The Bertz CT molecular complexity index is 756. The monoisotopic (exact) mass is 362 g/mol. The van der Waals surface area contributed by atoms with Gasteiger partial charge in [-0.25, -0.2) is 4.79 Å². The Kier molecular flexibility index (Phi) is 6.71. The fourth-order valence-electron chi connectivity index (χ4n) is 2.62. The van der Waals surface area contributed by atoms with Gasteiger partial charge in [-0.2, -0.15) is 0 Å². The highest BCUT2D eigenvalue weighted by Crippen LogP contribution is 2.30. The Morgan fingerprint density at radius 2 is 1.80 bits per heavy atom. The summed E-state index contributed by atoms with van der Waals surface area (Å²) >= 11 is 6.26. The van der Waals surface area contributed by atoms with Gasteiger partial charge in [0, 0.05) is 0 Å². The lowest BCUT2D eigenvalue weighted by Crippen LogP contribution is -2.10. The second-order valence-electron chi connectivity index (χ2n) is 5.65. The van der Waals surface area contributed by atoms with E-state index in [1.165, 1.54) is 18.2 Å². The van der Waals surface area contributed by atoms with Gasteiger partial charge in [-0.05, 0) is 54.7 Å². The summed E-state index contributed by atoms with van der Waals surface area (Å²) in [6.45, 7) is 6.51. The summed E-state index contributed by atoms with van der Waals surface area (Å²) in [5, 5.41) is 0.473. The Hall–Kier alpha value is -2.20. The molecule has 0 saturated heterocycles. The van der Waals surface area contributed by atoms with Crippen LogP contribution in [0.1, 0.15) is 36.1 Å². The quantitative estimate of drug-likeness (QED) is 0.503. The molecule has 0 unspecified atom stereocenters. The molecule has 2 aromatic carbocycles. The van der Waals surface area contributed by atoms with Crippen LogP contribution in [0.5, 0.6) is 11.5 Å². The highest BCUT2D eigenvalue weighted by Gasteiger charge is 2.14. The first-order valence-electron chi connectivity index (χ1n) is 8.28. The lowest BCUT2D eigenvalue weighted by atomic mass is 10.0. The summed E-state index contributed by atoms with van der Waals surface area (Å²) in [5.41, 5.74) is 4.26. The van der Waals surface area contributed by atoms with Crippen molar-refractivity contribution in [1.29, 1.82) is 0 Å². The SMILES string of the molecule is CCc1cc(CC)c(OCc2c(Cl)cccc2OC(=O)OC)cc1C. The van der Waals surface area contributed by atoms with Gasteiger partial charge in [0.05, 0.1) is 17.7 Å². The summed E-state index contributed by atoms with van der Waals surface area (Å²) in [5.74, 6) is 1.15. The number of halogens is 1. The largest absolute Gasteiger partial charge is 0.513 e. The maximum Gasteiger partial charge on any atom is 0.513 e. The third-order valence-electron chi connectivity index (χ3n) is 4.09. The van der Waals surface area contributed by atoms with Crippen molar-refractivity contribution in [2.75, 3.05) is 7.11 Å². The Morgan fingerprint density at radius 1 is 1.08 bits per heavy atom. The Morgan fingerprint density at radius 3 is 2.44 bits per heavy atom. The second kappa shape index (κ2) is 8.77. The number of benzene rings is 2. The van der Waals surface area contributed by atoms with Crippen LogP contribution in [-0.2, 0) is 24.2 Å². The zero-order valence-electron chi connectivity index (χ0n) is 15.0. The summed E-state index contributed by atoms with van der Waals surface area (Å²) in [6, 6.07) is 9.34. The van der Waals surface area contributed by atoms with Crippen molar-refractivity contribution in [2.45, 2.75) is 40.2 Å². The molecular formula is C20H23ClO4. The van der Waals surface area contributed by atoms with Gasteiger partial charge >= 0.3 is 6.16 Å². The van der Waals surface area contributed by atoms with E-state index >= 15 is 0 Å². The van der Waals surface area contributed by atoms with Crippen molar-refractivity contribution in [3.63, 3.8) is 0 Å². The molecule has 2 aromatic rings. The first-order chi connectivity index (χ1) is 12.0. The minimum absolute atomic E-state index is 0.198. The minimum Gasteiger partial charge on any atom is -0.488 e. The average molecular weight is 363 g/mol. The number of methoxy groups -OCH3 is 1. The van der Waals surface area contributed by atoms with Gasteiger partial charge in [0.25, 0.3) is 0 Å². The third kappa shape index (κ3) is 4.67. The molecule has 0 radical (unpaired) electrons. The van der Waals surface area contributed by atoms with E-state index in [4.69, 9.17) is 21.1 Å². The number of hydrogen-bond donors (Lipinski definition) is 0. The number of carbonyl (C=O) groups is 1. The molecule has 0 bridgehead atoms. The van der Waals surface area contributed by atoms with E-state index in [9.17, 15) is 4.79 Å². The average Bonchev–Trinajstić information content (AvgIpc) is 2.61. The summed E-state index contributed by atoms with van der Waals surface area (Å²) in [4.78, 5) is 11.4. The van der Waals surface area contributed by atoms with Crippen molar-refractivity contribution in [1.82, 2.24) is 0 Å². The maximum absolute atomic E-state index is 11.4. The van der Waals surface area contributed by atoms with Crippen LogP contribution in [-0.4, -0.2) is 13.3 Å². The minimum atomic E-state index is -0.791. The van der Waals surface area contributed by atoms with Crippen LogP contribution in [0, 0.1) is 6.92 Å². The molecule has 5 heteroatoms. The zero-order chi connectivity index (χ0) is 18.4. The predicted molar refractivity (Wildman–Crippen MR) is 98.8 cm³/mol. The van der Waals surface area contributed by atoms with Crippen LogP contribution in [0.4, 0.5) is 4.79 Å². The third-order valence-corrected chi connectivity index (χ3v) is 4.44. The van der Waals surface area contributed by atoms with Gasteiger partial charge in [-0.1, -0.05) is 37.6 Å². The van der Waals surface area contributed by atoms with E-state index in [0.717, 1.165) is 24.2 Å². The molecule has 0 spiro atoms. The molecule has 0 aliphatic carbocycles. The van der Waals surface area contributed by atoms with Crippen LogP contribution in [0.25, 0.3) is 0 Å². The van der Waals surface area contributed by atoms with Crippen LogP contribution in [0.2, 0.25) is 5.02 Å². The molecule has 0 aliphatic heterocycles. The van der Waals surface area contributed by atoms with E-state index in [-0.39, 0.29) is 6.61 Å². The fourth-order valence-corrected chi connectivity index (χ4v) is 2.85. The van der Waals surface area contributed by atoms with Gasteiger partial charge < -0.3 is 14.2 Å². The second-order valence-corrected chi connectivity index (χ2v) is 6.06. The Labute approximate surface area is 153 Å². The summed E-state index contributed by atoms with van der Waals surface area (Å²) in [7, 11) is 1.26.